The molecule has 0 aromatic heterocycles. The van der Waals surface area contributed by atoms with Crippen molar-refractivity contribution in [3.8, 4) is 11.1 Å². The lowest BCUT2D eigenvalue weighted by Gasteiger charge is -2.15. The van der Waals surface area contributed by atoms with Crippen molar-refractivity contribution in [1.29, 1.82) is 0 Å². The molecule has 0 aliphatic heterocycles. The average molecular weight is 491 g/mol. The van der Waals surface area contributed by atoms with Crippen LogP contribution in [-0.4, -0.2) is 47.7 Å². The van der Waals surface area contributed by atoms with Crippen LogP contribution in [0, 0.1) is 6.92 Å². The minimum atomic E-state index is -0.878. The number of carboxylic acid groups (broad SMARTS) is 1. The first kappa shape index (κ1) is 24.3. The van der Waals surface area contributed by atoms with Crippen LogP contribution in [0.3, 0.4) is 0 Å². The molecule has 35 heavy (non-hydrogen) atoms. The van der Waals surface area contributed by atoms with Crippen molar-refractivity contribution in [2.75, 3.05) is 30.0 Å². The number of anilines is 1. The third-order valence-corrected chi connectivity index (χ3v) is 6.77. The highest BCUT2D eigenvalue weighted by atomic mass is 32.2. The van der Waals surface area contributed by atoms with Crippen molar-refractivity contribution < 1.29 is 24.2 Å². The minimum absolute atomic E-state index is 0.00517. The van der Waals surface area contributed by atoms with Crippen LogP contribution in [0.4, 0.5) is 10.5 Å². The van der Waals surface area contributed by atoms with Crippen molar-refractivity contribution in [3.63, 3.8) is 0 Å². The number of carbonyl (C=O) groups excluding carboxylic acids is 2. The predicted octanol–water partition coefficient (Wildman–Crippen LogP) is 4.90. The van der Waals surface area contributed by atoms with E-state index in [1.165, 1.54) is 22.9 Å². The number of amides is 2. The molecule has 7 nitrogen and oxygen atoms in total. The van der Waals surface area contributed by atoms with Crippen molar-refractivity contribution in [3.05, 3.63) is 89.0 Å². The van der Waals surface area contributed by atoms with Crippen LogP contribution in [-0.2, 0) is 9.53 Å². The molecule has 1 aliphatic rings. The van der Waals surface area contributed by atoms with Crippen LogP contribution in [0.1, 0.15) is 33.0 Å². The monoisotopic (exact) mass is 490 g/mol. The number of benzene rings is 3. The number of aliphatic carboxylic acids is 1. The molecule has 0 heterocycles. The summed E-state index contributed by atoms with van der Waals surface area (Å²) in [5.74, 6) is -0.633. The summed E-state index contributed by atoms with van der Waals surface area (Å²) in [5, 5.41) is 14.2. The van der Waals surface area contributed by atoms with E-state index in [2.05, 4.69) is 34.9 Å². The second-order valence-electron chi connectivity index (χ2n) is 8.18. The van der Waals surface area contributed by atoms with Gasteiger partial charge in [0.25, 0.3) is 5.91 Å². The largest absolute Gasteiger partial charge is 0.481 e. The van der Waals surface area contributed by atoms with Gasteiger partial charge in [0.1, 0.15) is 6.61 Å². The fourth-order valence-corrected chi connectivity index (χ4v) is 4.75. The van der Waals surface area contributed by atoms with Gasteiger partial charge in [0.2, 0.25) is 0 Å². The molecule has 0 fully saturated rings. The molecule has 8 heteroatoms. The molecule has 0 atom stereocenters. The summed E-state index contributed by atoms with van der Waals surface area (Å²) >= 11 is 1.24. The van der Waals surface area contributed by atoms with E-state index in [9.17, 15) is 14.4 Å². The van der Waals surface area contributed by atoms with E-state index in [0.29, 0.717) is 23.5 Å². The number of carbonyl (C=O) groups is 3. The molecule has 3 N–H and O–H groups in total. The molecule has 0 spiro atoms. The number of thioether (sulfide) groups is 1. The SMILES string of the molecule is Cc1cc(C(=O)NCCSCC(=O)O)ccc1NC(=O)OCC1c2ccccc2-c2ccccc21. The highest BCUT2D eigenvalue weighted by molar-refractivity contribution is 7.99. The molecule has 3 aromatic carbocycles. The molecular formula is C27H26N2O5S. The number of nitrogens with one attached hydrogen (secondary N) is 2. The topological polar surface area (TPSA) is 105 Å². The van der Waals surface area contributed by atoms with Crippen molar-refractivity contribution in [2.45, 2.75) is 12.8 Å². The number of rotatable bonds is 9. The molecule has 180 valence electrons. The second kappa shape index (κ2) is 11.1. The normalized spacial score (nSPS) is 11.9. The summed E-state index contributed by atoms with van der Waals surface area (Å²) in [6, 6.07) is 21.3. The van der Waals surface area contributed by atoms with Crippen LogP contribution in [0.2, 0.25) is 0 Å². The maximum atomic E-state index is 12.6. The predicted molar refractivity (Wildman–Crippen MR) is 137 cm³/mol. The molecule has 0 radical (unpaired) electrons. The number of aryl methyl sites for hydroxylation is 1. The van der Waals surface area contributed by atoms with Gasteiger partial charge in [-0.05, 0) is 52.9 Å². The van der Waals surface area contributed by atoms with E-state index in [0.717, 1.165) is 16.7 Å². The lowest BCUT2D eigenvalue weighted by Crippen LogP contribution is -2.26. The Hall–Kier alpha value is -3.78. The van der Waals surface area contributed by atoms with Gasteiger partial charge >= 0.3 is 12.1 Å². The van der Waals surface area contributed by atoms with Crippen LogP contribution in [0.5, 0.6) is 0 Å². The quantitative estimate of drug-likeness (QED) is 0.369. The zero-order valence-electron chi connectivity index (χ0n) is 19.2. The number of carboxylic acids is 1. The Kier molecular flexibility index (Phi) is 7.72. The van der Waals surface area contributed by atoms with Gasteiger partial charge in [0.15, 0.2) is 0 Å². The Morgan fingerprint density at radius 3 is 2.26 bits per heavy atom. The summed E-state index contributed by atoms with van der Waals surface area (Å²) in [6.45, 7) is 2.40. The molecule has 4 rings (SSSR count). The van der Waals surface area contributed by atoms with E-state index < -0.39 is 12.1 Å². The van der Waals surface area contributed by atoms with Crippen LogP contribution < -0.4 is 10.6 Å². The zero-order chi connectivity index (χ0) is 24.8. The first-order valence-corrected chi connectivity index (χ1v) is 12.4. The van der Waals surface area contributed by atoms with Crippen molar-refractivity contribution >= 4 is 35.4 Å². The molecule has 1 aliphatic carbocycles. The summed E-state index contributed by atoms with van der Waals surface area (Å²) in [6.07, 6.45) is -0.553. The fourth-order valence-electron chi connectivity index (χ4n) is 4.19. The Bertz CT molecular complexity index is 1210. The van der Waals surface area contributed by atoms with Gasteiger partial charge < -0.3 is 15.2 Å². The summed E-state index contributed by atoms with van der Waals surface area (Å²) in [5.41, 5.74) is 6.39. The van der Waals surface area contributed by atoms with E-state index >= 15 is 0 Å². The first-order chi connectivity index (χ1) is 16.9. The number of ether oxygens (including phenoxy) is 1. The fraction of sp³-hybridized carbons (Fsp3) is 0.222. The smallest absolute Gasteiger partial charge is 0.411 e. The molecule has 2 amide bonds. The molecular weight excluding hydrogens is 464 g/mol. The maximum Gasteiger partial charge on any atom is 0.411 e. The van der Waals surface area contributed by atoms with Gasteiger partial charge in [0.05, 0.1) is 5.75 Å². The van der Waals surface area contributed by atoms with Crippen LogP contribution in [0.25, 0.3) is 11.1 Å². The maximum absolute atomic E-state index is 12.6. The highest BCUT2D eigenvalue weighted by Gasteiger charge is 2.29. The number of fused-ring (bicyclic) bond motifs is 3. The summed E-state index contributed by atoms with van der Waals surface area (Å²) < 4.78 is 5.60. The van der Waals surface area contributed by atoms with E-state index in [4.69, 9.17) is 9.84 Å². The summed E-state index contributed by atoms with van der Waals surface area (Å²) in [4.78, 5) is 35.4. The van der Waals surface area contributed by atoms with Crippen LogP contribution in [0.15, 0.2) is 66.7 Å². The third kappa shape index (κ3) is 5.84. The number of hydrogen-bond donors (Lipinski definition) is 3. The lowest BCUT2D eigenvalue weighted by molar-refractivity contribution is -0.133. The van der Waals surface area contributed by atoms with Crippen molar-refractivity contribution in [1.82, 2.24) is 5.32 Å². The molecule has 0 unspecified atom stereocenters. The summed E-state index contributed by atoms with van der Waals surface area (Å²) in [7, 11) is 0. The van der Waals surface area contributed by atoms with Crippen molar-refractivity contribution in [2.24, 2.45) is 0 Å². The Balaban J connectivity index is 1.32. The minimum Gasteiger partial charge on any atom is -0.481 e. The van der Waals surface area contributed by atoms with Gasteiger partial charge in [-0.2, -0.15) is 0 Å². The highest BCUT2D eigenvalue weighted by Crippen LogP contribution is 2.44. The van der Waals surface area contributed by atoms with E-state index in [1.54, 1.807) is 25.1 Å². The average Bonchev–Trinajstić information content (AvgIpc) is 3.17. The van der Waals surface area contributed by atoms with Gasteiger partial charge in [-0.1, -0.05) is 48.5 Å². The zero-order valence-corrected chi connectivity index (χ0v) is 20.1. The molecule has 0 bridgehead atoms. The van der Waals surface area contributed by atoms with Gasteiger partial charge in [-0.25, -0.2) is 4.79 Å². The standard InChI is InChI=1S/C27H26N2O5S/c1-17-14-18(26(32)28-12-13-35-16-25(30)31)10-11-24(17)29-27(33)34-15-23-21-8-4-2-6-19(21)20-7-3-5-9-22(20)23/h2-11,14,23H,12-13,15-16H2,1H3,(H,28,32)(H,29,33)(H,30,31). The first-order valence-electron chi connectivity index (χ1n) is 11.2. The van der Waals surface area contributed by atoms with Gasteiger partial charge in [0, 0.05) is 29.5 Å². The number of hydrogen-bond acceptors (Lipinski definition) is 5. The Labute approximate surface area is 207 Å². The Morgan fingerprint density at radius 2 is 1.63 bits per heavy atom. The lowest BCUT2D eigenvalue weighted by atomic mass is 9.98. The van der Waals surface area contributed by atoms with E-state index in [-0.39, 0.29) is 24.2 Å². The van der Waals surface area contributed by atoms with Gasteiger partial charge in [-0.3, -0.25) is 14.9 Å². The molecule has 0 saturated carbocycles. The van der Waals surface area contributed by atoms with E-state index in [1.807, 2.05) is 24.3 Å². The Morgan fingerprint density at radius 1 is 0.971 bits per heavy atom. The van der Waals surface area contributed by atoms with Crippen LogP contribution >= 0.6 is 11.8 Å². The molecule has 3 aromatic rings. The van der Waals surface area contributed by atoms with Gasteiger partial charge in [-0.15, -0.1) is 11.8 Å². The molecule has 0 saturated heterocycles. The second-order valence-corrected chi connectivity index (χ2v) is 9.29. The third-order valence-electron chi connectivity index (χ3n) is 5.83.